The van der Waals surface area contributed by atoms with Crippen LogP contribution in [0.5, 0.6) is 5.75 Å². The third-order valence-electron chi connectivity index (χ3n) is 4.52. The SMILES string of the molecule is CN1CCN(Cc2nnc3n2Cc2ccccc2OC3)CC1.O=CO. The van der Waals surface area contributed by atoms with E-state index in [1.165, 1.54) is 5.56 Å². The highest BCUT2D eigenvalue weighted by molar-refractivity contribution is 5.34. The Morgan fingerprint density at radius 3 is 2.68 bits per heavy atom. The molecular weight excluding hydrogens is 322 g/mol. The van der Waals surface area contributed by atoms with E-state index < -0.39 is 0 Å². The lowest BCUT2D eigenvalue weighted by Crippen LogP contribution is -2.44. The highest BCUT2D eigenvalue weighted by Crippen LogP contribution is 2.24. The molecule has 0 aliphatic carbocycles. The number of hydrogen-bond acceptors (Lipinski definition) is 6. The quantitative estimate of drug-likeness (QED) is 0.801. The number of nitrogens with zero attached hydrogens (tertiary/aromatic N) is 5. The summed E-state index contributed by atoms with van der Waals surface area (Å²) in [4.78, 5) is 13.2. The van der Waals surface area contributed by atoms with Gasteiger partial charge >= 0.3 is 0 Å². The fraction of sp³-hybridized carbons (Fsp3) is 0.471. The Hall–Kier alpha value is -2.45. The van der Waals surface area contributed by atoms with Crippen LogP contribution in [0.25, 0.3) is 0 Å². The van der Waals surface area contributed by atoms with Gasteiger partial charge in [0.25, 0.3) is 6.47 Å². The minimum atomic E-state index is -0.250. The van der Waals surface area contributed by atoms with Gasteiger partial charge in [0.15, 0.2) is 5.82 Å². The van der Waals surface area contributed by atoms with Crippen molar-refractivity contribution in [3.05, 3.63) is 41.5 Å². The maximum atomic E-state index is 8.36. The van der Waals surface area contributed by atoms with Crippen LogP contribution in [-0.4, -0.2) is 69.4 Å². The first-order valence-electron chi connectivity index (χ1n) is 8.31. The molecule has 0 unspecified atom stereocenters. The van der Waals surface area contributed by atoms with Gasteiger partial charge < -0.3 is 19.3 Å². The van der Waals surface area contributed by atoms with E-state index in [0.29, 0.717) is 6.61 Å². The Kier molecular flexibility index (Phi) is 5.62. The Morgan fingerprint density at radius 1 is 1.20 bits per heavy atom. The van der Waals surface area contributed by atoms with Crippen LogP contribution < -0.4 is 4.74 Å². The van der Waals surface area contributed by atoms with Crippen molar-refractivity contribution >= 4 is 6.47 Å². The van der Waals surface area contributed by atoms with Crippen molar-refractivity contribution in [1.82, 2.24) is 24.6 Å². The van der Waals surface area contributed by atoms with Gasteiger partial charge in [-0.3, -0.25) is 9.69 Å². The van der Waals surface area contributed by atoms with Crippen molar-refractivity contribution in [1.29, 1.82) is 0 Å². The number of likely N-dealkylation sites (N-methyl/N-ethyl adjacent to an activating group) is 1. The molecular formula is C17H23N5O3. The van der Waals surface area contributed by atoms with Crippen LogP contribution >= 0.6 is 0 Å². The summed E-state index contributed by atoms with van der Waals surface area (Å²) in [6.45, 7) is 6.31. The van der Waals surface area contributed by atoms with E-state index in [4.69, 9.17) is 14.6 Å². The van der Waals surface area contributed by atoms with Gasteiger partial charge in [0, 0.05) is 31.7 Å². The Balaban J connectivity index is 0.000000569. The second-order valence-electron chi connectivity index (χ2n) is 6.20. The number of hydrogen-bond donors (Lipinski definition) is 1. The lowest BCUT2D eigenvalue weighted by molar-refractivity contribution is -0.122. The summed E-state index contributed by atoms with van der Waals surface area (Å²) in [5, 5.41) is 15.6. The molecule has 134 valence electrons. The van der Waals surface area contributed by atoms with Gasteiger partial charge in [-0.2, -0.15) is 0 Å². The molecule has 0 radical (unpaired) electrons. The molecule has 2 aliphatic heterocycles. The van der Waals surface area contributed by atoms with E-state index in [1.54, 1.807) is 0 Å². The highest BCUT2D eigenvalue weighted by atomic mass is 16.5. The fourth-order valence-electron chi connectivity index (χ4n) is 3.07. The van der Waals surface area contributed by atoms with Gasteiger partial charge in [0.2, 0.25) is 0 Å². The van der Waals surface area contributed by atoms with Crippen molar-refractivity contribution in [2.45, 2.75) is 19.7 Å². The summed E-state index contributed by atoms with van der Waals surface area (Å²) in [7, 11) is 2.18. The normalized spacial score (nSPS) is 17.3. The molecule has 0 saturated carbocycles. The van der Waals surface area contributed by atoms with Crippen LogP contribution in [0.15, 0.2) is 24.3 Å². The monoisotopic (exact) mass is 345 g/mol. The average Bonchev–Trinajstić information content (AvgIpc) is 2.88. The molecule has 1 aromatic heterocycles. The summed E-state index contributed by atoms with van der Waals surface area (Å²) >= 11 is 0. The van der Waals surface area contributed by atoms with E-state index in [1.807, 2.05) is 12.1 Å². The zero-order valence-corrected chi connectivity index (χ0v) is 14.3. The van der Waals surface area contributed by atoms with E-state index in [9.17, 15) is 0 Å². The Bertz CT molecular complexity index is 710. The van der Waals surface area contributed by atoms with Crippen LogP contribution in [0.1, 0.15) is 17.2 Å². The van der Waals surface area contributed by atoms with Gasteiger partial charge in [-0.05, 0) is 13.1 Å². The molecule has 2 aromatic rings. The molecule has 1 N–H and O–H groups in total. The third kappa shape index (κ3) is 4.15. The van der Waals surface area contributed by atoms with Crippen molar-refractivity contribution < 1.29 is 14.6 Å². The molecule has 8 nitrogen and oxygen atoms in total. The average molecular weight is 345 g/mol. The number of piperazine rings is 1. The Labute approximate surface area is 146 Å². The van der Waals surface area contributed by atoms with Gasteiger partial charge in [0.1, 0.15) is 18.2 Å². The summed E-state index contributed by atoms with van der Waals surface area (Å²) in [5.74, 6) is 2.92. The van der Waals surface area contributed by atoms with Crippen LogP contribution in [0.4, 0.5) is 0 Å². The maximum Gasteiger partial charge on any atom is 0.290 e. The van der Waals surface area contributed by atoms with Crippen LogP contribution in [0, 0.1) is 0 Å². The first-order valence-corrected chi connectivity index (χ1v) is 8.31. The number of rotatable bonds is 2. The van der Waals surface area contributed by atoms with Gasteiger partial charge in [-0.1, -0.05) is 18.2 Å². The number of carbonyl (C=O) groups is 1. The molecule has 3 heterocycles. The lowest BCUT2D eigenvalue weighted by Gasteiger charge is -2.31. The molecule has 0 bridgehead atoms. The maximum absolute atomic E-state index is 8.36. The molecule has 0 spiro atoms. The number of ether oxygens (including phenoxy) is 1. The molecule has 1 fully saturated rings. The molecule has 8 heteroatoms. The van der Waals surface area contributed by atoms with Crippen LogP contribution in [0.2, 0.25) is 0 Å². The zero-order valence-electron chi connectivity index (χ0n) is 14.3. The number of aromatic nitrogens is 3. The smallest absolute Gasteiger partial charge is 0.290 e. The van der Waals surface area contributed by atoms with Crippen molar-refractivity contribution in [3.63, 3.8) is 0 Å². The number of carboxylic acid groups (broad SMARTS) is 1. The number of benzene rings is 1. The predicted molar refractivity (Wildman–Crippen MR) is 91.4 cm³/mol. The molecule has 0 atom stereocenters. The summed E-state index contributed by atoms with van der Waals surface area (Å²) < 4.78 is 8.06. The topological polar surface area (TPSA) is 83.7 Å². The molecule has 25 heavy (non-hydrogen) atoms. The van der Waals surface area contributed by atoms with Gasteiger partial charge in [0.05, 0.1) is 13.1 Å². The predicted octanol–water partition coefficient (Wildman–Crippen LogP) is 0.667. The fourth-order valence-corrected chi connectivity index (χ4v) is 3.07. The summed E-state index contributed by atoms with van der Waals surface area (Å²) in [6.07, 6.45) is 0. The van der Waals surface area contributed by atoms with Crippen LogP contribution in [0.3, 0.4) is 0 Å². The molecule has 0 amide bonds. The van der Waals surface area contributed by atoms with E-state index in [2.05, 4.69) is 43.7 Å². The number of fused-ring (bicyclic) bond motifs is 2. The standard InChI is InChI=1S/C16H21N5O.CH2O2/c1-19-6-8-20(9-7-19)11-15-17-18-16-12-22-14-5-3-2-4-13(14)10-21(15)16;2-1-3/h2-5H,6-12H2,1H3;1H,(H,2,3). The molecule has 1 saturated heterocycles. The van der Waals surface area contributed by atoms with Crippen molar-refractivity contribution in [2.24, 2.45) is 0 Å². The second kappa shape index (κ2) is 8.09. The molecule has 1 aromatic carbocycles. The van der Waals surface area contributed by atoms with Gasteiger partial charge in [-0.25, -0.2) is 0 Å². The van der Waals surface area contributed by atoms with Crippen LogP contribution in [-0.2, 0) is 24.5 Å². The van der Waals surface area contributed by atoms with Gasteiger partial charge in [-0.15, -0.1) is 10.2 Å². The number of para-hydroxylation sites is 1. The zero-order chi connectivity index (χ0) is 17.6. The first-order chi connectivity index (χ1) is 12.2. The summed E-state index contributed by atoms with van der Waals surface area (Å²) in [5.41, 5.74) is 1.20. The largest absolute Gasteiger partial charge is 0.485 e. The minimum Gasteiger partial charge on any atom is -0.485 e. The van der Waals surface area contributed by atoms with E-state index >= 15 is 0 Å². The lowest BCUT2D eigenvalue weighted by atomic mass is 10.2. The summed E-state index contributed by atoms with van der Waals surface area (Å²) in [6, 6.07) is 8.20. The minimum absolute atomic E-state index is 0.250. The Morgan fingerprint density at radius 2 is 1.92 bits per heavy atom. The highest BCUT2D eigenvalue weighted by Gasteiger charge is 2.21. The molecule has 2 aliphatic rings. The van der Waals surface area contributed by atoms with E-state index in [0.717, 1.165) is 56.7 Å². The molecule has 4 rings (SSSR count). The first kappa shape index (κ1) is 17.4. The van der Waals surface area contributed by atoms with Crippen molar-refractivity contribution in [3.8, 4) is 5.75 Å². The third-order valence-corrected chi connectivity index (χ3v) is 4.52. The van der Waals surface area contributed by atoms with Crippen molar-refractivity contribution in [2.75, 3.05) is 33.2 Å². The second-order valence-corrected chi connectivity index (χ2v) is 6.20. The van der Waals surface area contributed by atoms with E-state index in [-0.39, 0.29) is 6.47 Å².